The Morgan fingerprint density at radius 3 is 2.95 bits per heavy atom. The lowest BCUT2D eigenvalue weighted by Gasteiger charge is -2.08. The van der Waals surface area contributed by atoms with Crippen LogP contribution in [0.5, 0.6) is 0 Å². The zero-order chi connectivity index (χ0) is 13.7. The first-order valence-electron chi connectivity index (χ1n) is 6.70. The second kappa shape index (κ2) is 6.40. The van der Waals surface area contributed by atoms with Crippen LogP contribution in [0.1, 0.15) is 40.7 Å². The Balaban J connectivity index is 2.09. The van der Waals surface area contributed by atoms with Crippen LogP contribution in [0.4, 0.5) is 0 Å². The number of aliphatic hydroxyl groups is 1. The number of hydrogen-bond acceptors (Lipinski definition) is 2. The van der Waals surface area contributed by atoms with Crippen LogP contribution in [0.3, 0.4) is 0 Å². The van der Waals surface area contributed by atoms with Crippen molar-refractivity contribution in [1.29, 1.82) is 0 Å². The molecule has 0 radical (unpaired) electrons. The third-order valence-corrected chi connectivity index (χ3v) is 3.29. The average molecular weight is 257 g/mol. The van der Waals surface area contributed by atoms with Crippen molar-refractivity contribution in [1.82, 2.24) is 5.32 Å². The molecule has 1 amide bonds. The third-order valence-electron chi connectivity index (χ3n) is 3.29. The molecule has 0 bridgehead atoms. The molecule has 0 aromatic heterocycles. The van der Waals surface area contributed by atoms with Crippen molar-refractivity contribution in [3.8, 4) is 11.8 Å². The van der Waals surface area contributed by atoms with Gasteiger partial charge in [-0.15, -0.1) is 0 Å². The molecule has 0 aliphatic heterocycles. The maximum Gasteiger partial charge on any atom is 0.251 e. The molecule has 19 heavy (non-hydrogen) atoms. The Hall–Kier alpha value is -1.79. The second-order valence-electron chi connectivity index (χ2n) is 4.91. The topological polar surface area (TPSA) is 49.3 Å². The van der Waals surface area contributed by atoms with Gasteiger partial charge in [-0.3, -0.25) is 4.79 Å². The van der Waals surface area contributed by atoms with Gasteiger partial charge in [-0.1, -0.05) is 17.9 Å². The summed E-state index contributed by atoms with van der Waals surface area (Å²) in [7, 11) is 0. The number of amides is 1. The number of nitrogens with one attached hydrogen (secondary N) is 1. The van der Waals surface area contributed by atoms with Crippen LogP contribution >= 0.6 is 0 Å². The molecule has 1 fully saturated rings. The van der Waals surface area contributed by atoms with Crippen molar-refractivity contribution < 1.29 is 9.90 Å². The molecule has 1 saturated carbocycles. The largest absolute Gasteiger partial charge is 0.395 e. The summed E-state index contributed by atoms with van der Waals surface area (Å²) in [6, 6.07) is 5.58. The predicted octanol–water partition coefficient (Wildman–Crippen LogP) is 1.87. The molecule has 2 N–H and O–H groups in total. The van der Waals surface area contributed by atoms with E-state index in [1.54, 1.807) is 0 Å². The highest BCUT2D eigenvalue weighted by molar-refractivity contribution is 5.96. The zero-order valence-electron chi connectivity index (χ0n) is 11.2. The number of benzene rings is 1. The van der Waals surface area contributed by atoms with Gasteiger partial charge in [-0.25, -0.2) is 0 Å². The molecule has 1 aliphatic rings. The number of hydrogen-bond donors (Lipinski definition) is 2. The summed E-state index contributed by atoms with van der Waals surface area (Å²) < 4.78 is 0. The molecule has 2 rings (SSSR count). The summed E-state index contributed by atoms with van der Waals surface area (Å²) in [5.74, 6) is 6.54. The standard InChI is InChI=1S/C16H19NO2/c1-12-14(5-2-3-10-18)6-4-7-15(12)16(19)17-11-13-8-9-13/h4,6-7,13,18H,3,8-11H2,1H3,(H,17,19). The van der Waals surface area contributed by atoms with Gasteiger partial charge in [0.1, 0.15) is 0 Å². The van der Waals surface area contributed by atoms with E-state index < -0.39 is 0 Å². The molecule has 0 atom stereocenters. The molecule has 3 nitrogen and oxygen atoms in total. The SMILES string of the molecule is Cc1c(C#CCCO)cccc1C(=O)NCC1CC1. The van der Waals surface area contributed by atoms with Crippen LogP contribution in [0.25, 0.3) is 0 Å². The normalized spacial score (nSPS) is 13.6. The van der Waals surface area contributed by atoms with Gasteiger partial charge in [0.2, 0.25) is 0 Å². The van der Waals surface area contributed by atoms with E-state index in [4.69, 9.17) is 5.11 Å². The van der Waals surface area contributed by atoms with Crippen molar-refractivity contribution >= 4 is 5.91 Å². The van der Waals surface area contributed by atoms with Crippen molar-refractivity contribution in [2.75, 3.05) is 13.2 Å². The molecule has 0 spiro atoms. The van der Waals surface area contributed by atoms with E-state index in [-0.39, 0.29) is 12.5 Å². The lowest BCUT2D eigenvalue weighted by molar-refractivity contribution is 0.0951. The quantitative estimate of drug-likeness (QED) is 0.809. The van der Waals surface area contributed by atoms with E-state index in [9.17, 15) is 4.79 Å². The van der Waals surface area contributed by atoms with Crippen molar-refractivity contribution in [3.05, 3.63) is 34.9 Å². The van der Waals surface area contributed by atoms with Gasteiger partial charge in [-0.05, 0) is 43.4 Å². The van der Waals surface area contributed by atoms with Crippen molar-refractivity contribution in [2.24, 2.45) is 5.92 Å². The fraction of sp³-hybridized carbons (Fsp3) is 0.438. The van der Waals surface area contributed by atoms with Gasteiger partial charge in [0.15, 0.2) is 0 Å². The van der Waals surface area contributed by atoms with Gasteiger partial charge < -0.3 is 10.4 Å². The second-order valence-corrected chi connectivity index (χ2v) is 4.91. The molecule has 100 valence electrons. The number of carbonyl (C=O) groups excluding carboxylic acids is 1. The summed E-state index contributed by atoms with van der Waals surface area (Å²) in [6.07, 6.45) is 2.91. The number of carbonyl (C=O) groups is 1. The minimum atomic E-state index is -0.0183. The van der Waals surface area contributed by atoms with Gasteiger partial charge in [0.05, 0.1) is 6.61 Å². The van der Waals surface area contributed by atoms with E-state index in [1.165, 1.54) is 12.8 Å². The van der Waals surface area contributed by atoms with Crippen LogP contribution < -0.4 is 5.32 Å². The fourth-order valence-corrected chi connectivity index (χ4v) is 1.88. The zero-order valence-corrected chi connectivity index (χ0v) is 11.2. The first-order valence-corrected chi connectivity index (χ1v) is 6.70. The van der Waals surface area contributed by atoms with E-state index in [2.05, 4.69) is 17.2 Å². The van der Waals surface area contributed by atoms with Crippen LogP contribution in [0.2, 0.25) is 0 Å². The third kappa shape index (κ3) is 3.84. The Morgan fingerprint density at radius 2 is 2.26 bits per heavy atom. The molecule has 1 aliphatic carbocycles. The van der Waals surface area contributed by atoms with E-state index in [1.807, 2.05) is 25.1 Å². The molecule has 3 heteroatoms. The van der Waals surface area contributed by atoms with Gasteiger partial charge in [0.25, 0.3) is 5.91 Å². The summed E-state index contributed by atoms with van der Waals surface area (Å²) in [6.45, 7) is 2.75. The van der Waals surface area contributed by atoms with Crippen molar-refractivity contribution in [3.63, 3.8) is 0 Å². The summed E-state index contributed by atoms with van der Waals surface area (Å²) in [4.78, 5) is 12.1. The van der Waals surface area contributed by atoms with E-state index in [0.717, 1.165) is 17.7 Å². The van der Waals surface area contributed by atoms with Gasteiger partial charge >= 0.3 is 0 Å². The van der Waals surface area contributed by atoms with Crippen LogP contribution in [-0.2, 0) is 0 Å². The molecule has 0 heterocycles. The minimum Gasteiger partial charge on any atom is -0.395 e. The summed E-state index contributed by atoms with van der Waals surface area (Å²) in [5.41, 5.74) is 2.45. The maximum absolute atomic E-state index is 12.1. The maximum atomic E-state index is 12.1. The first-order chi connectivity index (χ1) is 9.22. The highest BCUT2D eigenvalue weighted by atomic mass is 16.2. The highest BCUT2D eigenvalue weighted by Gasteiger charge is 2.22. The molecule has 0 saturated heterocycles. The number of aliphatic hydroxyl groups excluding tert-OH is 1. The monoisotopic (exact) mass is 257 g/mol. The predicted molar refractivity (Wildman–Crippen MR) is 74.8 cm³/mol. The molecular formula is C16H19NO2. The number of rotatable bonds is 4. The van der Waals surface area contributed by atoms with Gasteiger partial charge in [-0.2, -0.15) is 0 Å². The van der Waals surface area contributed by atoms with Crippen LogP contribution in [-0.4, -0.2) is 24.2 Å². The molecule has 0 unspecified atom stereocenters. The molecular weight excluding hydrogens is 238 g/mol. The van der Waals surface area contributed by atoms with Gasteiger partial charge in [0, 0.05) is 24.1 Å². The fourth-order valence-electron chi connectivity index (χ4n) is 1.88. The molecule has 1 aromatic carbocycles. The van der Waals surface area contributed by atoms with E-state index >= 15 is 0 Å². The summed E-state index contributed by atoms with van der Waals surface area (Å²) >= 11 is 0. The first kappa shape index (κ1) is 13.6. The Bertz CT molecular complexity index is 521. The Kier molecular flexibility index (Phi) is 4.59. The lowest BCUT2D eigenvalue weighted by Crippen LogP contribution is -2.26. The van der Waals surface area contributed by atoms with Crippen LogP contribution in [0, 0.1) is 24.7 Å². The Labute approximate surface area is 114 Å². The average Bonchev–Trinajstić information content (AvgIpc) is 3.22. The van der Waals surface area contributed by atoms with E-state index in [0.29, 0.717) is 17.9 Å². The summed E-state index contributed by atoms with van der Waals surface area (Å²) in [5, 5.41) is 11.7. The van der Waals surface area contributed by atoms with Crippen molar-refractivity contribution in [2.45, 2.75) is 26.2 Å². The molecule has 1 aromatic rings. The van der Waals surface area contributed by atoms with Crippen LogP contribution in [0.15, 0.2) is 18.2 Å². The lowest BCUT2D eigenvalue weighted by atomic mass is 10.0. The highest BCUT2D eigenvalue weighted by Crippen LogP contribution is 2.27. The smallest absolute Gasteiger partial charge is 0.251 e. The minimum absolute atomic E-state index is 0.0183. The Morgan fingerprint density at radius 1 is 1.47 bits per heavy atom.